The first-order chi connectivity index (χ1) is 11.7. The average Bonchev–Trinajstić information content (AvgIpc) is 2.61. The Kier molecular flexibility index (Phi) is 5.40. The normalized spacial score (nSPS) is 10.3. The molecule has 0 atom stereocenters. The Morgan fingerprint density at radius 1 is 0.583 bits per heavy atom. The number of nitrogens with one attached hydrogen (secondary N) is 2. The van der Waals surface area contributed by atoms with Gasteiger partial charge in [-0.15, -0.1) is 0 Å². The van der Waals surface area contributed by atoms with Crippen LogP contribution >= 0.6 is 23.9 Å². The van der Waals surface area contributed by atoms with E-state index in [-0.39, 0.29) is 11.5 Å². The van der Waals surface area contributed by atoms with Crippen molar-refractivity contribution in [2.24, 2.45) is 0 Å². The number of benzene rings is 3. The molecule has 6 heteroatoms. The number of rotatable bonds is 6. The fourth-order valence-electron chi connectivity index (χ4n) is 1.90. The van der Waals surface area contributed by atoms with Gasteiger partial charge in [0.25, 0.3) is 0 Å². The van der Waals surface area contributed by atoms with E-state index in [1.807, 2.05) is 42.5 Å². The molecule has 0 spiro atoms. The van der Waals surface area contributed by atoms with Gasteiger partial charge in [0, 0.05) is 21.2 Å². The summed E-state index contributed by atoms with van der Waals surface area (Å²) in [5.74, 6) is 0.508. The number of phenolic OH excluding ortho intramolecular Hbond substituents is 2. The van der Waals surface area contributed by atoms with E-state index in [4.69, 9.17) is 0 Å². The van der Waals surface area contributed by atoms with Crippen LogP contribution in [0.4, 0.5) is 11.4 Å². The fraction of sp³-hybridized carbons (Fsp3) is 0. The topological polar surface area (TPSA) is 64.5 Å². The Hall–Kier alpha value is -2.44. The maximum absolute atomic E-state index is 9.29. The highest BCUT2D eigenvalue weighted by Crippen LogP contribution is 2.28. The summed E-state index contributed by atoms with van der Waals surface area (Å²) in [6.45, 7) is 0. The van der Waals surface area contributed by atoms with E-state index in [1.54, 1.807) is 24.3 Å². The Balaban J connectivity index is 1.57. The highest BCUT2D eigenvalue weighted by molar-refractivity contribution is 8.01. The molecule has 0 bridgehead atoms. The minimum Gasteiger partial charge on any atom is -0.508 e. The van der Waals surface area contributed by atoms with Crippen molar-refractivity contribution in [1.82, 2.24) is 0 Å². The summed E-state index contributed by atoms with van der Waals surface area (Å²) in [5.41, 5.74) is 1.86. The smallest absolute Gasteiger partial charge is 0.115 e. The van der Waals surface area contributed by atoms with Crippen molar-refractivity contribution in [2.45, 2.75) is 9.79 Å². The van der Waals surface area contributed by atoms with Crippen molar-refractivity contribution < 1.29 is 10.2 Å². The largest absolute Gasteiger partial charge is 0.508 e. The van der Waals surface area contributed by atoms with Crippen molar-refractivity contribution >= 4 is 35.3 Å². The Morgan fingerprint density at radius 3 is 1.42 bits per heavy atom. The first-order valence-corrected chi connectivity index (χ1v) is 8.86. The molecule has 0 heterocycles. The summed E-state index contributed by atoms with van der Waals surface area (Å²) in [7, 11) is 0. The van der Waals surface area contributed by atoms with E-state index in [9.17, 15) is 10.2 Å². The van der Waals surface area contributed by atoms with Crippen LogP contribution < -0.4 is 9.44 Å². The van der Waals surface area contributed by atoms with Gasteiger partial charge in [-0.3, -0.25) is 0 Å². The Morgan fingerprint density at radius 2 is 1.00 bits per heavy atom. The van der Waals surface area contributed by atoms with Crippen LogP contribution in [0.3, 0.4) is 0 Å². The van der Waals surface area contributed by atoms with E-state index in [2.05, 4.69) is 15.5 Å². The number of hydrogen-bond acceptors (Lipinski definition) is 6. The lowest BCUT2D eigenvalue weighted by Crippen LogP contribution is -1.88. The van der Waals surface area contributed by atoms with Crippen LogP contribution in [0, 0.1) is 0 Å². The minimum absolute atomic E-state index is 0.254. The molecule has 0 saturated carbocycles. The third-order valence-electron chi connectivity index (χ3n) is 3.11. The number of phenols is 2. The van der Waals surface area contributed by atoms with E-state index in [0.717, 1.165) is 21.2 Å². The summed E-state index contributed by atoms with van der Waals surface area (Å²) in [5, 5.41) is 18.6. The van der Waals surface area contributed by atoms with Crippen molar-refractivity contribution in [3.63, 3.8) is 0 Å². The molecule has 0 aliphatic rings. The summed E-state index contributed by atoms with van der Waals surface area (Å²) in [4.78, 5) is 2.17. The Labute approximate surface area is 149 Å². The average molecular weight is 356 g/mol. The van der Waals surface area contributed by atoms with Crippen molar-refractivity contribution in [3.05, 3.63) is 72.8 Å². The van der Waals surface area contributed by atoms with Gasteiger partial charge in [-0.1, -0.05) is 6.07 Å². The van der Waals surface area contributed by atoms with Gasteiger partial charge in [0.2, 0.25) is 0 Å². The zero-order chi connectivity index (χ0) is 16.8. The SMILES string of the molecule is Oc1ccc(NSc2cccc(SNc3ccc(O)cc3)c2)cc1. The third-order valence-corrected chi connectivity index (χ3v) is 4.77. The first kappa shape index (κ1) is 16.4. The van der Waals surface area contributed by atoms with Gasteiger partial charge in [-0.25, -0.2) is 0 Å². The number of aromatic hydroxyl groups is 2. The number of hydrogen-bond donors (Lipinski definition) is 4. The van der Waals surface area contributed by atoms with Crippen LogP contribution in [0.15, 0.2) is 82.6 Å². The van der Waals surface area contributed by atoms with Gasteiger partial charge < -0.3 is 19.7 Å². The van der Waals surface area contributed by atoms with Gasteiger partial charge in [0.1, 0.15) is 11.5 Å². The fourth-order valence-corrected chi connectivity index (χ4v) is 3.38. The van der Waals surface area contributed by atoms with Gasteiger partial charge in [0.05, 0.1) is 0 Å². The number of anilines is 2. The summed E-state index contributed by atoms with van der Waals surface area (Å²) in [6.07, 6.45) is 0. The lowest BCUT2D eigenvalue weighted by molar-refractivity contribution is 0.475. The maximum Gasteiger partial charge on any atom is 0.115 e. The van der Waals surface area contributed by atoms with E-state index < -0.39 is 0 Å². The molecule has 4 N–H and O–H groups in total. The molecule has 0 saturated heterocycles. The van der Waals surface area contributed by atoms with Gasteiger partial charge in [-0.2, -0.15) is 0 Å². The first-order valence-electron chi connectivity index (χ1n) is 7.23. The van der Waals surface area contributed by atoms with Crippen LogP contribution in [0.1, 0.15) is 0 Å². The van der Waals surface area contributed by atoms with Crippen LogP contribution in [-0.2, 0) is 0 Å². The second kappa shape index (κ2) is 7.90. The molecule has 0 aliphatic carbocycles. The summed E-state index contributed by atoms with van der Waals surface area (Å²) >= 11 is 3.02. The van der Waals surface area contributed by atoms with Crippen molar-refractivity contribution in [3.8, 4) is 11.5 Å². The van der Waals surface area contributed by atoms with Crippen molar-refractivity contribution in [2.75, 3.05) is 9.44 Å². The lowest BCUT2D eigenvalue weighted by atomic mass is 10.3. The molecule has 0 amide bonds. The van der Waals surface area contributed by atoms with Crippen LogP contribution in [-0.4, -0.2) is 10.2 Å². The molecule has 4 nitrogen and oxygen atoms in total. The Bertz CT molecular complexity index is 728. The molecule has 0 radical (unpaired) electrons. The molecule has 3 aromatic rings. The molecule has 0 unspecified atom stereocenters. The van der Waals surface area contributed by atoms with E-state index >= 15 is 0 Å². The predicted molar refractivity (Wildman–Crippen MR) is 102 cm³/mol. The third kappa shape index (κ3) is 4.78. The molecule has 0 fully saturated rings. The second-order valence-electron chi connectivity index (χ2n) is 4.98. The van der Waals surface area contributed by atoms with Gasteiger partial charge in [0.15, 0.2) is 0 Å². The van der Waals surface area contributed by atoms with Gasteiger partial charge >= 0.3 is 0 Å². The maximum atomic E-state index is 9.29. The summed E-state index contributed by atoms with van der Waals surface area (Å²) < 4.78 is 6.49. The zero-order valence-corrected chi connectivity index (χ0v) is 14.3. The summed E-state index contributed by atoms with van der Waals surface area (Å²) in [6, 6.07) is 22.0. The van der Waals surface area contributed by atoms with E-state index in [0.29, 0.717) is 0 Å². The molecule has 3 aromatic carbocycles. The lowest BCUT2D eigenvalue weighted by Gasteiger charge is -2.08. The second-order valence-corrected chi connectivity index (χ2v) is 6.74. The standard InChI is InChI=1S/C18H16N2O2S2/c21-15-8-4-13(5-9-15)19-23-17-2-1-3-18(12-17)24-20-14-6-10-16(22)11-7-14/h1-12,19-22H. The van der Waals surface area contributed by atoms with E-state index in [1.165, 1.54) is 23.9 Å². The molecule has 122 valence electrons. The van der Waals surface area contributed by atoms with Crippen LogP contribution in [0.25, 0.3) is 0 Å². The quantitative estimate of drug-likeness (QED) is 0.353. The van der Waals surface area contributed by atoms with Crippen LogP contribution in [0.5, 0.6) is 11.5 Å². The molecule has 24 heavy (non-hydrogen) atoms. The molecule has 0 aliphatic heterocycles. The minimum atomic E-state index is 0.254. The van der Waals surface area contributed by atoms with Crippen molar-refractivity contribution in [1.29, 1.82) is 0 Å². The molecule has 3 rings (SSSR count). The van der Waals surface area contributed by atoms with Gasteiger partial charge in [-0.05, 0) is 90.6 Å². The van der Waals surface area contributed by atoms with Crippen LogP contribution in [0.2, 0.25) is 0 Å². The molecular formula is C18H16N2O2S2. The molecular weight excluding hydrogens is 340 g/mol. The zero-order valence-electron chi connectivity index (χ0n) is 12.6. The molecule has 0 aromatic heterocycles. The monoisotopic (exact) mass is 356 g/mol. The predicted octanol–water partition coefficient (Wildman–Crippen LogP) is 5.34. The highest BCUT2D eigenvalue weighted by Gasteiger charge is 2.00. The highest BCUT2D eigenvalue weighted by atomic mass is 32.2.